The number of piperidine rings is 1. The first-order chi connectivity index (χ1) is 17.2. The number of rotatable bonds is 10. The number of carboxylic acids is 1. The number of phenols is 1. The minimum atomic E-state index is -0.971. The second-order valence-corrected chi connectivity index (χ2v) is 10.8. The van der Waals surface area contributed by atoms with Crippen LogP contribution in [0.3, 0.4) is 0 Å². The van der Waals surface area contributed by atoms with Crippen LogP contribution in [0.4, 0.5) is 0 Å². The van der Waals surface area contributed by atoms with Gasteiger partial charge in [0.1, 0.15) is 5.75 Å². The Labute approximate surface area is 214 Å². The third kappa shape index (κ3) is 5.75. The number of hydrogen-bond donors (Lipinski definition) is 3. The van der Waals surface area contributed by atoms with Crippen molar-refractivity contribution in [1.82, 2.24) is 10.2 Å². The van der Waals surface area contributed by atoms with Crippen molar-refractivity contribution in [2.75, 3.05) is 19.6 Å². The molecule has 36 heavy (non-hydrogen) atoms. The van der Waals surface area contributed by atoms with E-state index in [4.69, 9.17) is 5.11 Å². The molecule has 2 fully saturated rings. The van der Waals surface area contributed by atoms with Crippen molar-refractivity contribution in [3.05, 3.63) is 64.7 Å². The fraction of sp³-hybridized carbons (Fsp3) is 0.533. The first kappa shape index (κ1) is 26.2. The summed E-state index contributed by atoms with van der Waals surface area (Å²) >= 11 is 0. The number of phenolic OH excluding ortho intramolecular Hbond substituents is 1. The Bertz CT molecular complexity index is 1080. The minimum absolute atomic E-state index is 0.0632. The number of carbonyl (C=O) groups excluding carboxylic acids is 1. The summed E-state index contributed by atoms with van der Waals surface area (Å²) in [7, 11) is 0. The molecule has 0 spiro atoms. The molecule has 4 rings (SSSR count). The lowest BCUT2D eigenvalue weighted by Crippen LogP contribution is -2.55. The fourth-order valence-electron chi connectivity index (χ4n) is 6.08. The summed E-state index contributed by atoms with van der Waals surface area (Å²) in [6.07, 6.45) is 5.65. The van der Waals surface area contributed by atoms with Gasteiger partial charge in [-0.1, -0.05) is 32.0 Å². The van der Waals surface area contributed by atoms with Gasteiger partial charge >= 0.3 is 5.97 Å². The van der Waals surface area contributed by atoms with Crippen LogP contribution < -0.4 is 5.32 Å². The van der Waals surface area contributed by atoms with Crippen LogP contribution in [0.5, 0.6) is 5.75 Å². The highest BCUT2D eigenvalue weighted by atomic mass is 16.4. The monoisotopic (exact) mass is 492 g/mol. The molecule has 0 bridgehead atoms. The van der Waals surface area contributed by atoms with Gasteiger partial charge in [0.25, 0.3) is 0 Å². The maximum Gasteiger partial charge on any atom is 0.335 e. The number of carbonyl (C=O) groups is 2. The molecule has 0 aromatic heterocycles. The van der Waals surface area contributed by atoms with Crippen LogP contribution in [0.1, 0.15) is 73.5 Å². The molecule has 1 amide bonds. The van der Waals surface area contributed by atoms with Gasteiger partial charge in [-0.2, -0.15) is 0 Å². The number of hydrogen-bond acceptors (Lipinski definition) is 4. The van der Waals surface area contributed by atoms with Gasteiger partial charge < -0.3 is 20.4 Å². The zero-order valence-corrected chi connectivity index (χ0v) is 21.8. The molecule has 2 aliphatic rings. The average Bonchev–Trinajstić information content (AvgIpc) is 3.68. The third-order valence-electron chi connectivity index (χ3n) is 8.68. The predicted molar refractivity (Wildman–Crippen MR) is 141 cm³/mol. The van der Waals surface area contributed by atoms with Gasteiger partial charge in [0, 0.05) is 24.5 Å². The Kier molecular flexibility index (Phi) is 8.04. The molecule has 2 aromatic rings. The zero-order chi connectivity index (χ0) is 25.9. The number of carboxylic acid groups (broad SMARTS) is 1. The fourth-order valence-corrected chi connectivity index (χ4v) is 6.08. The van der Waals surface area contributed by atoms with E-state index in [1.807, 2.05) is 6.07 Å². The van der Waals surface area contributed by atoms with E-state index in [0.29, 0.717) is 24.3 Å². The minimum Gasteiger partial charge on any atom is -0.508 e. The summed E-state index contributed by atoms with van der Waals surface area (Å²) in [6, 6.07) is 12.7. The molecule has 1 aliphatic carbocycles. The zero-order valence-electron chi connectivity index (χ0n) is 21.8. The molecule has 1 aliphatic heterocycles. The number of nitrogens with zero attached hydrogens (tertiary/aromatic N) is 1. The highest BCUT2D eigenvalue weighted by Crippen LogP contribution is 2.48. The molecule has 3 N–H and O–H groups in total. The maximum atomic E-state index is 12.7. The van der Waals surface area contributed by atoms with E-state index in [0.717, 1.165) is 37.3 Å². The third-order valence-corrected chi connectivity index (χ3v) is 8.68. The van der Waals surface area contributed by atoms with Crippen molar-refractivity contribution in [3.63, 3.8) is 0 Å². The number of nitrogens with one attached hydrogen (secondary N) is 1. The SMILES string of the molecule is CCc1ccc(O)cc1C1(CCNC(=O)Cc2ccc(C(=O)O)cc2)CCN(CC2CC2)C(C)[C@@H]1C. The maximum absolute atomic E-state index is 12.7. The summed E-state index contributed by atoms with van der Waals surface area (Å²) in [6.45, 7) is 9.62. The van der Waals surface area contributed by atoms with E-state index in [1.165, 1.54) is 42.6 Å². The van der Waals surface area contributed by atoms with Crippen molar-refractivity contribution in [2.24, 2.45) is 11.8 Å². The number of amides is 1. The Hall–Kier alpha value is -2.86. The Morgan fingerprint density at radius 3 is 2.47 bits per heavy atom. The number of likely N-dealkylation sites (tertiary alicyclic amines) is 1. The first-order valence-corrected chi connectivity index (χ1v) is 13.4. The Morgan fingerprint density at radius 2 is 1.83 bits per heavy atom. The lowest BCUT2D eigenvalue weighted by Gasteiger charge is -2.52. The molecule has 1 heterocycles. The quantitative estimate of drug-likeness (QED) is 0.444. The summed E-state index contributed by atoms with van der Waals surface area (Å²) in [4.78, 5) is 26.5. The molecule has 194 valence electrons. The van der Waals surface area contributed by atoms with Crippen molar-refractivity contribution in [3.8, 4) is 5.75 Å². The van der Waals surface area contributed by atoms with Crippen LogP contribution in [-0.2, 0) is 23.1 Å². The lowest BCUT2D eigenvalue weighted by atomic mass is 9.61. The second-order valence-electron chi connectivity index (χ2n) is 10.8. The predicted octanol–water partition coefficient (Wildman–Crippen LogP) is 4.78. The van der Waals surface area contributed by atoms with Crippen LogP contribution in [0.15, 0.2) is 42.5 Å². The van der Waals surface area contributed by atoms with Crippen LogP contribution in [-0.4, -0.2) is 52.7 Å². The molecule has 6 heteroatoms. The van der Waals surface area contributed by atoms with E-state index in [2.05, 4.69) is 37.1 Å². The van der Waals surface area contributed by atoms with Crippen molar-refractivity contribution >= 4 is 11.9 Å². The summed E-state index contributed by atoms with van der Waals surface area (Å²) in [5, 5.41) is 22.6. The topological polar surface area (TPSA) is 89.9 Å². The highest BCUT2D eigenvalue weighted by Gasteiger charge is 2.47. The standard InChI is InChI=1S/C30H40N2O4/c1-4-24-11-12-26(33)18-27(24)30(14-16-32(19-23-5-6-23)21(3)20(30)2)13-15-31-28(34)17-22-7-9-25(10-8-22)29(35)36/h7-12,18,20-21,23,33H,4-6,13-17,19H2,1-3H3,(H,31,34)(H,35,36)/t20-,21?,30?/m0/s1. The molecule has 2 aromatic carbocycles. The number of aromatic carboxylic acids is 1. The average molecular weight is 493 g/mol. The molecule has 3 atom stereocenters. The number of aryl methyl sites for hydroxylation is 1. The Balaban J connectivity index is 1.49. The normalized spacial score (nSPS) is 24.4. The van der Waals surface area contributed by atoms with Gasteiger partial charge in [0.15, 0.2) is 0 Å². The summed E-state index contributed by atoms with van der Waals surface area (Å²) < 4.78 is 0. The van der Waals surface area contributed by atoms with Crippen LogP contribution in [0.25, 0.3) is 0 Å². The first-order valence-electron chi connectivity index (χ1n) is 13.4. The van der Waals surface area contributed by atoms with Gasteiger partial charge in [-0.25, -0.2) is 4.79 Å². The molecule has 6 nitrogen and oxygen atoms in total. The lowest BCUT2D eigenvalue weighted by molar-refractivity contribution is -0.120. The van der Waals surface area contributed by atoms with E-state index in [9.17, 15) is 14.7 Å². The number of aromatic hydroxyl groups is 1. The van der Waals surface area contributed by atoms with Gasteiger partial charge in [0.05, 0.1) is 12.0 Å². The van der Waals surface area contributed by atoms with Gasteiger partial charge in [0.2, 0.25) is 5.91 Å². The largest absolute Gasteiger partial charge is 0.508 e. The molecule has 1 saturated carbocycles. The summed E-state index contributed by atoms with van der Waals surface area (Å²) in [5.74, 6) is 0.490. The van der Waals surface area contributed by atoms with E-state index in [-0.39, 0.29) is 23.3 Å². The molecular weight excluding hydrogens is 452 g/mol. The van der Waals surface area contributed by atoms with Gasteiger partial charge in [-0.15, -0.1) is 0 Å². The number of benzene rings is 2. The van der Waals surface area contributed by atoms with Crippen molar-refractivity contribution in [2.45, 2.75) is 70.8 Å². The van der Waals surface area contributed by atoms with Crippen molar-refractivity contribution < 1.29 is 19.8 Å². The molecule has 0 radical (unpaired) electrons. The highest BCUT2D eigenvalue weighted by molar-refractivity contribution is 5.87. The van der Waals surface area contributed by atoms with Crippen LogP contribution in [0, 0.1) is 11.8 Å². The van der Waals surface area contributed by atoms with Crippen LogP contribution >= 0.6 is 0 Å². The van der Waals surface area contributed by atoms with E-state index >= 15 is 0 Å². The molecule has 1 saturated heterocycles. The van der Waals surface area contributed by atoms with Gasteiger partial charge in [-0.3, -0.25) is 4.79 Å². The second kappa shape index (κ2) is 11.0. The summed E-state index contributed by atoms with van der Waals surface area (Å²) in [5.41, 5.74) is 3.39. The molecular formula is C30H40N2O4. The van der Waals surface area contributed by atoms with E-state index < -0.39 is 5.97 Å². The molecule has 2 unspecified atom stereocenters. The van der Waals surface area contributed by atoms with E-state index in [1.54, 1.807) is 18.2 Å². The smallest absolute Gasteiger partial charge is 0.335 e. The van der Waals surface area contributed by atoms with Crippen molar-refractivity contribution in [1.29, 1.82) is 0 Å². The van der Waals surface area contributed by atoms with Gasteiger partial charge in [-0.05, 0) is 98.4 Å². The Morgan fingerprint density at radius 1 is 1.11 bits per heavy atom. The van der Waals surface area contributed by atoms with Crippen LogP contribution in [0.2, 0.25) is 0 Å².